The van der Waals surface area contributed by atoms with Gasteiger partial charge >= 0.3 is 0 Å². The van der Waals surface area contributed by atoms with Gasteiger partial charge in [-0.1, -0.05) is 18.2 Å². The number of hydrogen-bond acceptors (Lipinski definition) is 6. The summed E-state index contributed by atoms with van der Waals surface area (Å²) in [6, 6.07) is 12.0. The lowest BCUT2D eigenvalue weighted by molar-refractivity contribution is 0.266. The lowest BCUT2D eigenvalue weighted by atomic mass is 10.2. The van der Waals surface area contributed by atoms with Crippen molar-refractivity contribution in [3.05, 3.63) is 70.5 Å². The topological polar surface area (TPSA) is 55.7 Å². The smallest absolute Gasteiger partial charge is 0.203 e. The van der Waals surface area contributed by atoms with Crippen molar-refractivity contribution in [3.8, 4) is 11.5 Å². The first-order valence-electron chi connectivity index (χ1n) is 8.50. The van der Waals surface area contributed by atoms with Crippen LogP contribution in [0.1, 0.15) is 23.7 Å². The zero-order chi connectivity index (χ0) is 19.1. The summed E-state index contributed by atoms with van der Waals surface area (Å²) in [6.45, 7) is 4.45. The van der Waals surface area contributed by atoms with Crippen LogP contribution in [0.15, 0.2) is 52.9 Å². The summed E-state index contributed by atoms with van der Waals surface area (Å²) in [7, 11) is 0. The van der Waals surface area contributed by atoms with E-state index in [1.54, 1.807) is 30.5 Å². The second-order valence-corrected chi connectivity index (χ2v) is 6.54. The molecule has 0 amide bonds. The number of benzene rings is 2. The minimum atomic E-state index is -0.289. The van der Waals surface area contributed by atoms with E-state index in [-0.39, 0.29) is 12.4 Å². The number of ether oxygens (including phenoxy) is 2. The van der Waals surface area contributed by atoms with Crippen LogP contribution >= 0.6 is 11.3 Å². The quantitative estimate of drug-likeness (QED) is 0.437. The van der Waals surface area contributed by atoms with Gasteiger partial charge in [-0.2, -0.15) is 5.10 Å². The number of nitrogens with zero attached hydrogens (tertiary/aromatic N) is 2. The normalized spacial score (nSPS) is 10.9. The van der Waals surface area contributed by atoms with Crippen molar-refractivity contribution in [1.82, 2.24) is 4.98 Å². The molecule has 0 aliphatic heterocycles. The third kappa shape index (κ3) is 5.27. The van der Waals surface area contributed by atoms with E-state index in [0.717, 1.165) is 16.4 Å². The van der Waals surface area contributed by atoms with Crippen molar-refractivity contribution in [2.75, 3.05) is 12.0 Å². The van der Waals surface area contributed by atoms with E-state index in [1.165, 1.54) is 17.4 Å². The molecule has 0 unspecified atom stereocenters. The zero-order valence-corrected chi connectivity index (χ0v) is 15.9. The molecule has 140 valence electrons. The molecule has 3 aromatic rings. The Labute approximate surface area is 161 Å². The monoisotopic (exact) mass is 385 g/mol. The van der Waals surface area contributed by atoms with Crippen LogP contribution in [-0.4, -0.2) is 17.8 Å². The predicted octanol–water partition coefficient (Wildman–Crippen LogP) is 5.01. The van der Waals surface area contributed by atoms with Crippen LogP contribution in [-0.2, 0) is 6.61 Å². The van der Waals surface area contributed by atoms with Crippen LogP contribution in [0.3, 0.4) is 0 Å². The second kappa shape index (κ2) is 9.14. The molecule has 5 nitrogen and oxygen atoms in total. The molecular weight excluding hydrogens is 365 g/mol. The maximum atomic E-state index is 13.7. The SMILES string of the molecule is CCOc1cc(C=NNc2nc(C)cs2)ccc1OCc1ccccc1F. The first kappa shape index (κ1) is 18.8. The molecule has 7 heteroatoms. The second-order valence-electron chi connectivity index (χ2n) is 5.68. The zero-order valence-electron chi connectivity index (χ0n) is 15.1. The number of hydrogen-bond donors (Lipinski definition) is 1. The van der Waals surface area contributed by atoms with Crippen molar-refractivity contribution in [2.24, 2.45) is 5.10 Å². The van der Waals surface area contributed by atoms with Crippen molar-refractivity contribution < 1.29 is 13.9 Å². The number of halogens is 1. The molecular formula is C20H20FN3O2S. The average Bonchev–Trinajstić information content (AvgIpc) is 3.08. The molecule has 1 aromatic heterocycles. The molecule has 0 aliphatic rings. The maximum absolute atomic E-state index is 13.7. The van der Waals surface area contributed by atoms with Crippen molar-refractivity contribution >= 4 is 22.7 Å². The Balaban J connectivity index is 1.69. The van der Waals surface area contributed by atoms with Gasteiger partial charge < -0.3 is 9.47 Å². The van der Waals surface area contributed by atoms with Gasteiger partial charge in [0.2, 0.25) is 5.13 Å². The number of rotatable bonds is 8. The summed E-state index contributed by atoms with van der Waals surface area (Å²) in [6.07, 6.45) is 1.68. The minimum absolute atomic E-state index is 0.130. The van der Waals surface area contributed by atoms with E-state index in [1.807, 2.05) is 31.4 Å². The number of nitrogens with one attached hydrogen (secondary N) is 1. The third-order valence-corrected chi connectivity index (χ3v) is 4.47. The highest BCUT2D eigenvalue weighted by Crippen LogP contribution is 2.29. The third-order valence-electron chi connectivity index (χ3n) is 3.60. The fourth-order valence-electron chi connectivity index (χ4n) is 2.33. The van der Waals surface area contributed by atoms with E-state index in [4.69, 9.17) is 9.47 Å². The van der Waals surface area contributed by atoms with Gasteiger partial charge in [0.05, 0.1) is 18.5 Å². The lowest BCUT2D eigenvalue weighted by Crippen LogP contribution is -2.02. The molecule has 0 aliphatic carbocycles. The summed E-state index contributed by atoms with van der Waals surface area (Å²) < 4.78 is 25.2. The molecule has 0 saturated heterocycles. The van der Waals surface area contributed by atoms with E-state index in [0.29, 0.717) is 23.7 Å². The first-order valence-corrected chi connectivity index (χ1v) is 9.38. The van der Waals surface area contributed by atoms with Gasteiger partial charge in [-0.05, 0) is 43.7 Å². The van der Waals surface area contributed by atoms with Gasteiger partial charge in [0, 0.05) is 10.9 Å². The number of thiazole rings is 1. The minimum Gasteiger partial charge on any atom is -0.490 e. The van der Waals surface area contributed by atoms with Gasteiger partial charge in [0.25, 0.3) is 0 Å². The van der Waals surface area contributed by atoms with E-state index in [9.17, 15) is 4.39 Å². The maximum Gasteiger partial charge on any atom is 0.203 e. The molecule has 0 spiro atoms. The Morgan fingerprint density at radius 2 is 2.04 bits per heavy atom. The number of aromatic nitrogens is 1. The summed E-state index contributed by atoms with van der Waals surface area (Å²) in [4.78, 5) is 4.28. The van der Waals surface area contributed by atoms with Crippen molar-refractivity contribution in [2.45, 2.75) is 20.5 Å². The Kier molecular flexibility index (Phi) is 6.38. The average molecular weight is 385 g/mol. The fourth-order valence-corrected chi connectivity index (χ4v) is 2.97. The number of hydrazone groups is 1. The van der Waals surface area contributed by atoms with Gasteiger partial charge in [0.1, 0.15) is 12.4 Å². The van der Waals surface area contributed by atoms with Crippen LogP contribution in [0.2, 0.25) is 0 Å². The molecule has 27 heavy (non-hydrogen) atoms. The van der Waals surface area contributed by atoms with Gasteiger partial charge in [-0.3, -0.25) is 5.43 Å². The Bertz CT molecular complexity index is 927. The number of aryl methyl sites for hydroxylation is 1. The van der Waals surface area contributed by atoms with Crippen LogP contribution in [0.4, 0.5) is 9.52 Å². The number of anilines is 1. The standard InChI is InChI=1S/C20H20FN3O2S/c1-3-25-19-10-15(11-22-24-20-23-14(2)13-27-20)8-9-18(19)26-12-16-6-4-5-7-17(16)21/h4-11,13H,3,12H2,1-2H3,(H,23,24). The molecule has 0 saturated carbocycles. The van der Waals surface area contributed by atoms with Gasteiger partial charge in [0.15, 0.2) is 11.5 Å². The Hall–Kier alpha value is -2.93. The summed E-state index contributed by atoms with van der Waals surface area (Å²) >= 11 is 1.49. The molecule has 3 rings (SSSR count). The predicted molar refractivity (Wildman–Crippen MR) is 106 cm³/mol. The van der Waals surface area contributed by atoms with Crippen molar-refractivity contribution in [1.29, 1.82) is 0 Å². The summed E-state index contributed by atoms with van der Waals surface area (Å²) in [5.74, 6) is 0.853. The molecule has 0 atom stereocenters. The molecule has 1 heterocycles. The molecule has 1 N–H and O–H groups in total. The first-order chi connectivity index (χ1) is 13.2. The highest BCUT2D eigenvalue weighted by atomic mass is 32.1. The van der Waals surface area contributed by atoms with E-state index in [2.05, 4.69) is 15.5 Å². The molecule has 0 fully saturated rings. The fraction of sp³-hybridized carbons (Fsp3) is 0.200. The highest BCUT2D eigenvalue weighted by Gasteiger charge is 2.08. The van der Waals surface area contributed by atoms with E-state index < -0.39 is 0 Å². The Morgan fingerprint density at radius 3 is 2.78 bits per heavy atom. The van der Waals surface area contributed by atoms with Crippen LogP contribution in [0.5, 0.6) is 11.5 Å². The largest absolute Gasteiger partial charge is 0.490 e. The highest BCUT2D eigenvalue weighted by molar-refractivity contribution is 7.13. The Morgan fingerprint density at radius 1 is 1.19 bits per heavy atom. The summed E-state index contributed by atoms with van der Waals surface area (Å²) in [5, 5.41) is 6.87. The van der Waals surface area contributed by atoms with Crippen LogP contribution < -0.4 is 14.9 Å². The molecule has 0 bridgehead atoms. The lowest BCUT2D eigenvalue weighted by Gasteiger charge is -2.13. The van der Waals surface area contributed by atoms with E-state index >= 15 is 0 Å². The molecule has 0 radical (unpaired) electrons. The van der Waals surface area contributed by atoms with Gasteiger partial charge in [-0.25, -0.2) is 9.37 Å². The molecule has 2 aromatic carbocycles. The van der Waals surface area contributed by atoms with Crippen molar-refractivity contribution in [3.63, 3.8) is 0 Å². The van der Waals surface area contributed by atoms with Gasteiger partial charge in [-0.15, -0.1) is 11.3 Å². The summed E-state index contributed by atoms with van der Waals surface area (Å²) in [5.41, 5.74) is 5.19. The van der Waals surface area contributed by atoms with Crippen LogP contribution in [0, 0.1) is 12.7 Å². The van der Waals surface area contributed by atoms with Crippen LogP contribution in [0.25, 0.3) is 0 Å².